The highest BCUT2D eigenvalue weighted by Crippen LogP contribution is 2.31. The lowest BCUT2D eigenvalue weighted by Gasteiger charge is -2.26. The lowest BCUT2D eigenvalue weighted by molar-refractivity contribution is -0.150. The Morgan fingerprint density at radius 3 is 2.52 bits per heavy atom. The number of hydrogen-bond acceptors (Lipinski definition) is 7. The number of fused-ring (bicyclic) bond motifs is 1. The molecule has 0 fully saturated rings. The maximum atomic E-state index is 12.5. The predicted molar refractivity (Wildman–Crippen MR) is 119 cm³/mol. The zero-order chi connectivity index (χ0) is 24.0. The number of para-hydroxylation sites is 1. The molecule has 1 aliphatic rings. The number of ether oxygens (including phenoxy) is 2. The van der Waals surface area contributed by atoms with Gasteiger partial charge in [-0.3, -0.25) is 14.4 Å². The van der Waals surface area contributed by atoms with E-state index in [1.54, 1.807) is 0 Å². The number of nitrogens with one attached hydrogen (secondary N) is 3. The van der Waals surface area contributed by atoms with E-state index in [1.807, 2.05) is 24.3 Å². The summed E-state index contributed by atoms with van der Waals surface area (Å²) in [5.41, 5.74) is 1.28. The standard InChI is InChI=1S/C22H25N3O7S/c1-14(25-33(29,30)17-9-7-16(8-10-17)23-15(2)26)22(28)32-13-21(27)24-19-11-12-31-20-6-4-3-5-18(19)20/h3-10,14,19,25H,11-13H2,1-2H3,(H,23,26)(H,24,27)/t14-,19+/m0/s1. The highest BCUT2D eigenvalue weighted by atomic mass is 32.2. The Labute approximate surface area is 191 Å². The first-order valence-electron chi connectivity index (χ1n) is 10.2. The molecule has 3 N–H and O–H groups in total. The fraction of sp³-hybridized carbons (Fsp3) is 0.318. The second-order valence-electron chi connectivity index (χ2n) is 7.45. The summed E-state index contributed by atoms with van der Waals surface area (Å²) in [7, 11) is -4.02. The predicted octanol–water partition coefficient (Wildman–Crippen LogP) is 1.49. The van der Waals surface area contributed by atoms with E-state index >= 15 is 0 Å². The molecule has 2 aromatic rings. The summed E-state index contributed by atoms with van der Waals surface area (Å²) in [5.74, 6) is -0.992. The quantitative estimate of drug-likeness (QED) is 0.492. The van der Waals surface area contributed by atoms with Gasteiger partial charge in [0.2, 0.25) is 15.9 Å². The van der Waals surface area contributed by atoms with Gasteiger partial charge in [0.15, 0.2) is 6.61 Å². The average molecular weight is 476 g/mol. The molecule has 0 spiro atoms. The van der Waals surface area contributed by atoms with E-state index in [-0.39, 0.29) is 16.8 Å². The summed E-state index contributed by atoms with van der Waals surface area (Å²) in [6.07, 6.45) is 0.577. The largest absolute Gasteiger partial charge is 0.493 e. The van der Waals surface area contributed by atoms with E-state index in [1.165, 1.54) is 38.1 Å². The lowest BCUT2D eigenvalue weighted by atomic mass is 10.0. The summed E-state index contributed by atoms with van der Waals surface area (Å²) in [4.78, 5) is 35.5. The van der Waals surface area contributed by atoms with Gasteiger partial charge >= 0.3 is 5.97 Å². The molecule has 176 valence electrons. The van der Waals surface area contributed by atoms with E-state index in [4.69, 9.17) is 9.47 Å². The normalized spacial score (nSPS) is 16.0. The van der Waals surface area contributed by atoms with Gasteiger partial charge in [0.1, 0.15) is 11.8 Å². The van der Waals surface area contributed by atoms with Crippen LogP contribution in [0.5, 0.6) is 5.75 Å². The first kappa shape index (κ1) is 24.2. The Morgan fingerprint density at radius 1 is 1.12 bits per heavy atom. The second kappa shape index (κ2) is 10.5. The van der Waals surface area contributed by atoms with E-state index in [0.29, 0.717) is 24.5 Å². The number of rotatable bonds is 8. The molecule has 0 bridgehead atoms. The minimum absolute atomic E-state index is 0.0906. The minimum Gasteiger partial charge on any atom is -0.493 e. The molecule has 0 unspecified atom stereocenters. The van der Waals surface area contributed by atoms with Crippen LogP contribution in [0.25, 0.3) is 0 Å². The van der Waals surface area contributed by atoms with Crippen molar-refractivity contribution in [3.05, 3.63) is 54.1 Å². The Balaban J connectivity index is 1.51. The Hall–Kier alpha value is -3.44. The van der Waals surface area contributed by atoms with E-state index in [9.17, 15) is 22.8 Å². The van der Waals surface area contributed by atoms with Crippen LogP contribution in [0.4, 0.5) is 5.69 Å². The Bertz CT molecular complexity index is 1130. The molecule has 0 saturated heterocycles. The molecule has 0 aromatic heterocycles. The molecule has 0 saturated carbocycles. The van der Waals surface area contributed by atoms with Crippen LogP contribution >= 0.6 is 0 Å². The maximum Gasteiger partial charge on any atom is 0.324 e. The first-order chi connectivity index (χ1) is 15.7. The summed E-state index contributed by atoms with van der Waals surface area (Å²) in [6, 6.07) is 11.3. The van der Waals surface area contributed by atoms with Crippen LogP contribution in [-0.4, -0.2) is 45.5 Å². The van der Waals surface area contributed by atoms with Crippen LogP contribution in [0.2, 0.25) is 0 Å². The highest BCUT2D eigenvalue weighted by Gasteiger charge is 2.26. The smallest absolute Gasteiger partial charge is 0.324 e. The van der Waals surface area contributed by atoms with Crippen molar-refractivity contribution >= 4 is 33.5 Å². The van der Waals surface area contributed by atoms with Gasteiger partial charge < -0.3 is 20.1 Å². The van der Waals surface area contributed by atoms with Crippen molar-refractivity contribution in [2.75, 3.05) is 18.5 Å². The van der Waals surface area contributed by atoms with Crippen molar-refractivity contribution in [1.29, 1.82) is 0 Å². The molecular weight excluding hydrogens is 450 g/mol. The summed E-state index contributed by atoms with van der Waals surface area (Å²) >= 11 is 0. The molecule has 1 heterocycles. The number of hydrogen-bond donors (Lipinski definition) is 3. The van der Waals surface area contributed by atoms with E-state index in [2.05, 4.69) is 15.4 Å². The van der Waals surface area contributed by atoms with Crippen molar-refractivity contribution in [3.63, 3.8) is 0 Å². The summed E-state index contributed by atoms with van der Waals surface area (Å²) in [6.45, 7) is 2.56. The van der Waals surface area contributed by atoms with Gasteiger partial charge in [-0.1, -0.05) is 18.2 Å². The molecule has 2 aromatic carbocycles. The zero-order valence-corrected chi connectivity index (χ0v) is 19.0. The molecule has 3 rings (SSSR count). The third kappa shape index (κ3) is 6.53. The van der Waals surface area contributed by atoms with Crippen LogP contribution in [0.15, 0.2) is 53.4 Å². The summed E-state index contributed by atoms with van der Waals surface area (Å²) in [5, 5.41) is 5.33. The molecule has 2 atom stereocenters. The van der Waals surface area contributed by atoms with Crippen molar-refractivity contribution in [1.82, 2.24) is 10.0 Å². The van der Waals surface area contributed by atoms with Gasteiger partial charge in [0, 0.05) is 24.6 Å². The second-order valence-corrected chi connectivity index (χ2v) is 9.17. The van der Waals surface area contributed by atoms with Crippen LogP contribution in [0.1, 0.15) is 31.9 Å². The van der Waals surface area contributed by atoms with Crippen LogP contribution < -0.4 is 20.1 Å². The van der Waals surface area contributed by atoms with Crippen molar-refractivity contribution in [3.8, 4) is 5.75 Å². The first-order valence-corrected chi connectivity index (χ1v) is 11.7. The average Bonchev–Trinajstić information content (AvgIpc) is 2.77. The fourth-order valence-corrected chi connectivity index (χ4v) is 4.45. The topological polar surface area (TPSA) is 140 Å². The number of anilines is 1. The van der Waals surface area contributed by atoms with Gasteiger partial charge in [-0.25, -0.2) is 8.42 Å². The number of esters is 1. The van der Waals surface area contributed by atoms with Gasteiger partial charge in [0.25, 0.3) is 5.91 Å². The Kier molecular flexibility index (Phi) is 7.67. The van der Waals surface area contributed by atoms with Gasteiger partial charge in [-0.05, 0) is 37.3 Å². The number of amides is 2. The van der Waals surface area contributed by atoms with Gasteiger partial charge in [-0.2, -0.15) is 4.72 Å². The molecule has 0 radical (unpaired) electrons. The van der Waals surface area contributed by atoms with Crippen molar-refractivity contribution in [2.24, 2.45) is 0 Å². The highest BCUT2D eigenvalue weighted by molar-refractivity contribution is 7.89. The Morgan fingerprint density at radius 2 is 1.82 bits per heavy atom. The number of carbonyl (C=O) groups excluding carboxylic acids is 3. The molecule has 2 amide bonds. The number of carbonyl (C=O) groups is 3. The molecule has 0 aliphatic carbocycles. The molecule has 33 heavy (non-hydrogen) atoms. The minimum atomic E-state index is -4.02. The van der Waals surface area contributed by atoms with E-state index < -0.39 is 34.5 Å². The molecule has 11 heteroatoms. The molecule has 1 aliphatic heterocycles. The number of benzene rings is 2. The third-order valence-electron chi connectivity index (χ3n) is 4.81. The van der Waals surface area contributed by atoms with E-state index in [0.717, 1.165) is 5.56 Å². The maximum absolute atomic E-state index is 12.5. The van der Waals surface area contributed by atoms with Crippen LogP contribution in [0, 0.1) is 0 Å². The third-order valence-corrected chi connectivity index (χ3v) is 6.37. The van der Waals surface area contributed by atoms with Crippen molar-refractivity contribution in [2.45, 2.75) is 37.2 Å². The lowest BCUT2D eigenvalue weighted by Crippen LogP contribution is -2.41. The van der Waals surface area contributed by atoms with Gasteiger partial charge in [-0.15, -0.1) is 0 Å². The van der Waals surface area contributed by atoms with Crippen LogP contribution in [-0.2, 0) is 29.1 Å². The zero-order valence-electron chi connectivity index (χ0n) is 18.2. The van der Waals surface area contributed by atoms with Crippen LogP contribution in [0.3, 0.4) is 0 Å². The monoisotopic (exact) mass is 475 g/mol. The number of sulfonamides is 1. The molecule has 10 nitrogen and oxygen atoms in total. The van der Waals surface area contributed by atoms with Crippen molar-refractivity contribution < 1.29 is 32.3 Å². The SMILES string of the molecule is CC(=O)Nc1ccc(S(=O)(=O)N[C@@H](C)C(=O)OCC(=O)N[C@@H]2CCOc3ccccc32)cc1. The fourth-order valence-electron chi connectivity index (χ4n) is 3.26. The molecular formula is C22H25N3O7S. The van der Waals surface area contributed by atoms with Gasteiger partial charge in [0.05, 0.1) is 17.5 Å². The summed E-state index contributed by atoms with van der Waals surface area (Å²) < 4.78 is 37.7.